The molecule has 1 aromatic heterocycles. The van der Waals surface area contributed by atoms with Crippen LogP contribution in [0.25, 0.3) is 5.69 Å². The van der Waals surface area contributed by atoms with Crippen LogP contribution in [-0.4, -0.2) is 45.3 Å². The van der Waals surface area contributed by atoms with Gasteiger partial charge in [-0.1, -0.05) is 17.7 Å². The molecule has 1 unspecified atom stereocenters. The fourth-order valence-electron chi connectivity index (χ4n) is 2.53. The van der Waals surface area contributed by atoms with Gasteiger partial charge in [-0.05, 0) is 62.0 Å². The lowest BCUT2D eigenvalue weighted by Crippen LogP contribution is -3.09. The highest BCUT2D eigenvalue weighted by Gasteiger charge is 2.14. The average molecular weight is 349 g/mol. The molecule has 0 saturated heterocycles. The van der Waals surface area contributed by atoms with Gasteiger partial charge >= 0.3 is 0 Å². The largest absolute Gasteiger partial charge is 0.349 e. The number of aryl methyl sites for hydroxylation is 2. The molecule has 1 amide bonds. The van der Waals surface area contributed by atoms with E-state index in [-0.39, 0.29) is 11.9 Å². The van der Waals surface area contributed by atoms with E-state index in [0.29, 0.717) is 18.0 Å². The summed E-state index contributed by atoms with van der Waals surface area (Å²) in [6.07, 6.45) is 0. The van der Waals surface area contributed by atoms with Crippen molar-refractivity contribution in [3.05, 3.63) is 34.1 Å². The minimum atomic E-state index is 0.00999. The topological polar surface area (TPSA) is 69.2 Å². The lowest BCUT2D eigenvalue weighted by atomic mass is 10.1. The van der Waals surface area contributed by atoms with E-state index in [1.54, 1.807) is 9.36 Å². The van der Waals surface area contributed by atoms with E-state index in [1.807, 2.05) is 46.9 Å². The molecule has 0 aliphatic carbocycles. The molecule has 2 rings (SSSR count). The van der Waals surface area contributed by atoms with E-state index in [1.165, 1.54) is 5.56 Å². The van der Waals surface area contributed by atoms with Gasteiger partial charge in [-0.15, -0.1) is 0 Å². The summed E-state index contributed by atoms with van der Waals surface area (Å²) >= 11 is 5.49. The van der Waals surface area contributed by atoms with Crippen LogP contribution in [0.3, 0.4) is 0 Å². The van der Waals surface area contributed by atoms with Gasteiger partial charge in [0.15, 0.2) is 13.2 Å². The fourth-order valence-corrected chi connectivity index (χ4v) is 2.76. The highest BCUT2D eigenvalue weighted by Crippen LogP contribution is 2.14. The number of nitrogens with one attached hydrogen (secondary N) is 2. The van der Waals surface area contributed by atoms with Gasteiger partial charge < -0.3 is 10.2 Å². The van der Waals surface area contributed by atoms with E-state index in [2.05, 4.69) is 21.8 Å². The number of hydrogen-bond acceptors (Lipinski definition) is 4. The first kappa shape index (κ1) is 18.3. The second-order valence-corrected chi connectivity index (χ2v) is 6.84. The van der Waals surface area contributed by atoms with Crippen molar-refractivity contribution in [3.63, 3.8) is 0 Å². The molecule has 0 fully saturated rings. The molecule has 0 aliphatic heterocycles. The van der Waals surface area contributed by atoms with Gasteiger partial charge in [0.1, 0.15) is 0 Å². The predicted octanol–water partition coefficient (Wildman–Crippen LogP) is 0.412. The van der Waals surface area contributed by atoms with E-state index < -0.39 is 0 Å². The Hall–Kier alpha value is -2.06. The maximum Gasteiger partial charge on any atom is 0.275 e. The highest BCUT2D eigenvalue weighted by molar-refractivity contribution is 7.71. The molecular weight excluding hydrogens is 324 g/mol. The van der Waals surface area contributed by atoms with Crippen LogP contribution >= 0.6 is 12.2 Å². The van der Waals surface area contributed by atoms with Crippen LogP contribution in [0.4, 0.5) is 0 Å². The summed E-state index contributed by atoms with van der Waals surface area (Å²) in [6.45, 7) is 8.80. The van der Waals surface area contributed by atoms with Gasteiger partial charge in [-0.3, -0.25) is 4.79 Å². The Bertz CT molecular complexity index is 779. The third kappa shape index (κ3) is 4.48. The molecule has 1 aromatic carbocycles. The zero-order valence-electron chi connectivity index (χ0n) is 14.8. The standard InChI is InChI=1S/C16H24N6OS/c1-11(2)17-15(23)9-20(5)10-21-16(24)22(19-18-21)14-7-6-12(3)8-13(14)4/h6-8,11H,9-10H2,1-5H3,(H,17,23)/p+1. The third-order valence-electron chi connectivity index (χ3n) is 3.55. The number of hydrogen-bond donors (Lipinski definition) is 2. The Morgan fingerprint density at radius 3 is 2.67 bits per heavy atom. The van der Waals surface area contributed by atoms with Gasteiger partial charge in [0.05, 0.1) is 12.7 Å². The summed E-state index contributed by atoms with van der Waals surface area (Å²) < 4.78 is 3.82. The summed E-state index contributed by atoms with van der Waals surface area (Å²) in [5.74, 6) is 0.00999. The molecule has 7 nitrogen and oxygen atoms in total. The van der Waals surface area contributed by atoms with E-state index in [0.717, 1.165) is 16.2 Å². The molecule has 2 N–H and O–H groups in total. The zero-order chi connectivity index (χ0) is 17.9. The summed E-state index contributed by atoms with van der Waals surface area (Å²) in [7, 11) is 1.93. The number of rotatable bonds is 6. The van der Waals surface area contributed by atoms with Gasteiger partial charge in [-0.2, -0.15) is 9.36 Å². The second-order valence-electron chi connectivity index (χ2n) is 6.48. The SMILES string of the molecule is Cc1ccc(-n2nnn(C[NH+](C)CC(=O)NC(C)C)c2=S)c(C)c1. The summed E-state index contributed by atoms with van der Waals surface area (Å²) in [5, 5.41) is 11.2. The normalized spacial score (nSPS) is 12.4. The number of aromatic nitrogens is 4. The Morgan fingerprint density at radius 2 is 2.04 bits per heavy atom. The Morgan fingerprint density at radius 1 is 1.33 bits per heavy atom. The number of benzene rings is 1. The summed E-state index contributed by atoms with van der Waals surface area (Å²) in [5.41, 5.74) is 3.21. The predicted molar refractivity (Wildman–Crippen MR) is 94.7 cm³/mol. The number of tetrazole rings is 1. The van der Waals surface area contributed by atoms with Crippen molar-refractivity contribution >= 4 is 18.1 Å². The maximum atomic E-state index is 11.8. The van der Waals surface area contributed by atoms with Crippen molar-refractivity contribution in [1.29, 1.82) is 0 Å². The van der Waals surface area contributed by atoms with E-state index >= 15 is 0 Å². The fraction of sp³-hybridized carbons (Fsp3) is 0.500. The smallest absolute Gasteiger partial charge is 0.275 e. The van der Waals surface area contributed by atoms with Crippen molar-refractivity contribution in [3.8, 4) is 5.69 Å². The van der Waals surface area contributed by atoms with Crippen LogP contribution < -0.4 is 10.2 Å². The van der Waals surface area contributed by atoms with Gasteiger partial charge in [0.25, 0.3) is 5.91 Å². The van der Waals surface area contributed by atoms with Gasteiger partial charge in [0.2, 0.25) is 4.77 Å². The van der Waals surface area contributed by atoms with E-state index in [4.69, 9.17) is 12.2 Å². The number of likely N-dealkylation sites (N-methyl/N-ethyl adjacent to an activating group) is 1. The number of carbonyl (C=O) groups excluding carboxylic acids is 1. The van der Waals surface area contributed by atoms with Crippen molar-refractivity contribution in [2.24, 2.45) is 0 Å². The lowest BCUT2D eigenvalue weighted by molar-refractivity contribution is -0.895. The summed E-state index contributed by atoms with van der Waals surface area (Å²) in [4.78, 5) is 12.8. The molecule has 0 radical (unpaired) electrons. The van der Waals surface area contributed by atoms with Crippen LogP contribution in [-0.2, 0) is 11.5 Å². The van der Waals surface area contributed by atoms with Crippen LogP contribution in [0, 0.1) is 18.6 Å². The molecule has 1 heterocycles. The quantitative estimate of drug-likeness (QED) is 0.742. The minimum Gasteiger partial charge on any atom is -0.349 e. The van der Waals surface area contributed by atoms with Crippen molar-refractivity contribution in [2.45, 2.75) is 40.4 Å². The van der Waals surface area contributed by atoms with Crippen molar-refractivity contribution in [2.75, 3.05) is 13.6 Å². The first-order valence-corrected chi connectivity index (χ1v) is 8.40. The van der Waals surface area contributed by atoms with Crippen LogP contribution in [0.1, 0.15) is 25.0 Å². The molecule has 0 saturated carbocycles. The second kappa shape index (κ2) is 7.67. The molecular formula is C16H25N6OS+. The molecule has 2 aromatic rings. The number of carbonyl (C=O) groups is 1. The molecule has 130 valence electrons. The number of amides is 1. The molecule has 0 aliphatic rings. The first-order valence-electron chi connectivity index (χ1n) is 7.99. The molecule has 0 bridgehead atoms. The lowest BCUT2D eigenvalue weighted by Gasteiger charge is -2.14. The van der Waals surface area contributed by atoms with E-state index in [9.17, 15) is 4.79 Å². The zero-order valence-corrected chi connectivity index (χ0v) is 15.6. The average Bonchev–Trinajstić information content (AvgIpc) is 2.79. The maximum absolute atomic E-state index is 11.8. The Kier molecular flexibility index (Phi) is 5.84. The van der Waals surface area contributed by atoms with Gasteiger partial charge in [0, 0.05) is 6.04 Å². The highest BCUT2D eigenvalue weighted by atomic mass is 32.1. The van der Waals surface area contributed by atoms with Crippen molar-refractivity contribution < 1.29 is 9.69 Å². The minimum absolute atomic E-state index is 0.00999. The molecule has 24 heavy (non-hydrogen) atoms. The molecule has 8 heteroatoms. The van der Waals surface area contributed by atoms with Crippen LogP contribution in [0.15, 0.2) is 18.2 Å². The first-order chi connectivity index (χ1) is 11.3. The monoisotopic (exact) mass is 349 g/mol. The van der Waals surface area contributed by atoms with Crippen LogP contribution in [0.5, 0.6) is 0 Å². The van der Waals surface area contributed by atoms with Crippen LogP contribution in [0.2, 0.25) is 0 Å². The van der Waals surface area contributed by atoms with Gasteiger partial charge in [-0.25, -0.2) is 0 Å². The molecule has 1 atom stereocenters. The summed E-state index contributed by atoms with van der Waals surface area (Å²) in [6, 6.07) is 6.24. The van der Waals surface area contributed by atoms with Crippen molar-refractivity contribution in [1.82, 2.24) is 25.1 Å². The molecule has 0 spiro atoms. The number of quaternary nitrogens is 1. The Labute approximate surface area is 147 Å². The third-order valence-corrected chi connectivity index (χ3v) is 3.94. The Balaban J connectivity index is 2.12. The number of nitrogens with zero attached hydrogens (tertiary/aromatic N) is 4.